The number of rotatable bonds is 17. The maximum Gasteiger partial charge on any atom is 0.330 e. The van der Waals surface area contributed by atoms with Crippen molar-refractivity contribution < 1.29 is 32.4 Å². The number of H-pyrrole nitrogens is 1. The first-order chi connectivity index (χ1) is 25.5. The molecule has 2 heterocycles. The Labute approximate surface area is 310 Å². The van der Waals surface area contributed by atoms with Crippen LogP contribution in [0.4, 0.5) is 4.39 Å². The van der Waals surface area contributed by atoms with Gasteiger partial charge in [0.25, 0.3) is 14.1 Å². The lowest BCUT2D eigenvalue weighted by Crippen LogP contribution is -2.41. The minimum absolute atomic E-state index is 0.0632. The Morgan fingerprint density at radius 3 is 1.98 bits per heavy atom. The number of aromatic amines is 1. The van der Waals surface area contributed by atoms with Crippen LogP contribution in [0, 0.1) is 11.3 Å². The fourth-order valence-corrected chi connectivity index (χ4v) is 8.25. The van der Waals surface area contributed by atoms with Crippen LogP contribution in [0.5, 0.6) is 11.5 Å². The first-order valence-corrected chi connectivity index (χ1v) is 18.5. The molecule has 0 saturated carbocycles. The molecule has 12 nitrogen and oxygen atoms in total. The molecule has 14 heteroatoms. The summed E-state index contributed by atoms with van der Waals surface area (Å²) in [7, 11) is 1.25. The predicted molar refractivity (Wildman–Crippen MR) is 198 cm³/mol. The Morgan fingerprint density at radius 2 is 1.47 bits per heavy atom. The molecule has 53 heavy (non-hydrogen) atoms. The average molecular weight is 749 g/mol. The first kappa shape index (κ1) is 39.8. The maximum absolute atomic E-state index is 16.9. The van der Waals surface area contributed by atoms with E-state index in [1.54, 1.807) is 14.2 Å². The summed E-state index contributed by atoms with van der Waals surface area (Å²) in [6, 6.07) is 27.7. The minimum atomic E-state index is -1.93. The van der Waals surface area contributed by atoms with Gasteiger partial charge < -0.3 is 28.0 Å². The monoisotopic (exact) mass is 748 g/mol. The topological polar surface area (TPSA) is 137 Å². The van der Waals surface area contributed by atoms with E-state index < -0.39 is 50.0 Å². The number of benzene rings is 3. The van der Waals surface area contributed by atoms with E-state index in [2.05, 4.69) is 11.1 Å². The number of hydrogen-bond donors (Lipinski definition) is 1. The van der Waals surface area contributed by atoms with Gasteiger partial charge in [-0.25, -0.2) is 13.9 Å². The third kappa shape index (κ3) is 8.87. The second-order valence-electron chi connectivity index (χ2n) is 13.0. The summed E-state index contributed by atoms with van der Waals surface area (Å²) in [5, 5.41) is 9.25. The van der Waals surface area contributed by atoms with Gasteiger partial charge in [-0.1, -0.05) is 54.6 Å². The molecular weight excluding hydrogens is 702 g/mol. The van der Waals surface area contributed by atoms with Crippen LogP contribution in [0.2, 0.25) is 0 Å². The fraction of sp³-hybridized carbons (Fsp3) is 0.410. The van der Waals surface area contributed by atoms with Gasteiger partial charge in [-0.3, -0.25) is 14.3 Å². The number of hydrogen-bond acceptors (Lipinski definition) is 10. The molecule has 5 rings (SSSR count). The number of aromatic nitrogens is 2. The smallest absolute Gasteiger partial charge is 0.330 e. The highest BCUT2D eigenvalue weighted by Crippen LogP contribution is 2.51. The van der Waals surface area contributed by atoms with Gasteiger partial charge in [0.1, 0.15) is 29.3 Å². The Balaban J connectivity index is 1.62. The molecule has 0 radical (unpaired) electrons. The zero-order valence-electron chi connectivity index (χ0n) is 30.7. The van der Waals surface area contributed by atoms with Gasteiger partial charge >= 0.3 is 5.69 Å². The summed E-state index contributed by atoms with van der Waals surface area (Å²) >= 11 is 0. The van der Waals surface area contributed by atoms with Crippen molar-refractivity contribution in [3.63, 3.8) is 0 Å². The van der Waals surface area contributed by atoms with Gasteiger partial charge in [0, 0.05) is 24.3 Å². The lowest BCUT2D eigenvalue weighted by atomic mass is 9.80. The van der Waals surface area contributed by atoms with Crippen molar-refractivity contribution in [3.8, 4) is 17.6 Å². The first-order valence-electron chi connectivity index (χ1n) is 17.4. The van der Waals surface area contributed by atoms with Crippen LogP contribution in [0.15, 0.2) is 101 Å². The molecule has 3 aromatic carbocycles. The molecule has 1 aliphatic heterocycles. The normalized spacial score (nSPS) is 19.4. The summed E-state index contributed by atoms with van der Waals surface area (Å²) in [5.41, 5.74) is -0.435. The van der Waals surface area contributed by atoms with E-state index in [1.165, 1.54) is 6.20 Å². The number of methoxy groups -OCH3 is 2. The summed E-state index contributed by atoms with van der Waals surface area (Å²) in [5.74, 6) is 1.30. The molecule has 0 amide bonds. The molecule has 0 spiro atoms. The van der Waals surface area contributed by atoms with Gasteiger partial charge in [-0.05, 0) is 68.7 Å². The van der Waals surface area contributed by atoms with Crippen LogP contribution in [0.25, 0.3) is 0 Å². The molecule has 1 unspecified atom stereocenters. The SMILES string of the molecule is COc1ccc(C(OC[C@H]2O[C@@H](n3ccc(=O)[nH]c3=O)[C@H](F)[C@@H]2OP(OCCC#N)N(C(C)C)C(C)C)(c2ccccc2)c2ccc(OC)cc2)cc1. The molecule has 1 aromatic heterocycles. The maximum atomic E-state index is 16.9. The minimum Gasteiger partial charge on any atom is -0.497 e. The van der Waals surface area contributed by atoms with Crippen LogP contribution >= 0.6 is 8.53 Å². The van der Waals surface area contributed by atoms with E-state index in [4.69, 9.17) is 28.0 Å². The van der Waals surface area contributed by atoms with Crippen LogP contribution in [0.3, 0.4) is 0 Å². The molecule has 0 bridgehead atoms. The van der Waals surface area contributed by atoms with Gasteiger partial charge in [-0.2, -0.15) is 5.26 Å². The van der Waals surface area contributed by atoms with Gasteiger partial charge in [0.15, 0.2) is 12.4 Å². The summed E-state index contributed by atoms with van der Waals surface area (Å²) in [4.78, 5) is 27.1. The van der Waals surface area contributed by atoms with Crippen LogP contribution in [-0.2, 0) is 24.1 Å². The van der Waals surface area contributed by atoms with Crippen molar-refractivity contribution in [1.82, 2.24) is 14.2 Å². The number of halogens is 1. The highest BCUT2D eigenvalue weighted by atomic mass is 31.2. The van der Waals surface area contributed by atoms with Gasteiger partial charge in [-0.15, -0.1) is 0 Å². The average Bonchev–Trinajstić information content (AvgIpc) is 3.46. The number of nitriles is 1. The second-order valence-corrected chi connectivity index (χ2v) is 14.4. The van der Waals surface area contributed by atoms with Crippen LogP contribution in [0.1, 0.15) is 57.0 Å². The Hall–Kier alpha value is -4.41. The van der Waals surface area contributed by atoms with Crippen molar-refractivity contribution in [2.45, 2.75) is 76.4 Å². The van der Waals surface area contributed by atoms with E-state index in [9.17, 15) is 14.9 Å². The van der Waals surface area contributed by atoms with E-state index in [0.717, 1.165) is 27.3 Å². The third-order valence-electron chi connectivity index (χ3n) is 8.90. The molecule has 282 valence electrons. The lowest BCUT2D eigenvalue weighted by molar-refractivity contribution is -0.0934. The fourth-order valence-electron chi connectivity index (χ4n) is 6.49. The summed E-state index contributed by atoms with van der Waals surface area (Å²) < 4.78 is 57.0. The van der Waals surface area contributed by atoms with Crippen molar-refractivity contribution in [2.75, 3.05) is 27.4 Å². The van der Waals surface area contributed by atoms with Crippen LogP contribution < -0.4 is 20.7 Å². The second kappa shape index (κ2) is 18.1. The Bertz CT molecular complexity index is 1860. The van der Waals surface area contributed by atoms with E-state index in [-0.39, 0.29) is 31.7 Å². The molecule has 0 aliphatic carbocycles. The number of nitrogens with one attached hydrogen (secondary N) is 1. The van der Waals surface area contributed by atoms with E-state index in [1.807, 2.05) is 111 Å². The highest BCUT2D eigenvalue weighted by molar-refractivity contribution is 7.44. The molecule has 5 atom stereocenters. The Morgan fingerprint density at radius 1 is 0.906 bits per heavy atom. The zero-order valence-corrected chi connectivity index (χ0v) is 31.6. The molecule has 1 N–H and O–H groups in total. The van der Waals surface area contributed by atoms with E-state index in [0.29, 0.717) is 11.5 Å². The van der Waals surface area contributed by atoms with Crippen LogP contribution in [-0.4, -0.2) is 72.1 Å². The van der Waals surface area contributed by atoms with Gasteiger partial charge in [0.2, 0.25) is 0 Å². The standard InChI is InChI=1S/C39H46FN4O8P/c1-26(2)44(27(3)4)53(50-24-10-22-41)52-36-33(51-37(35(36)40)43-23-21-34(45)42-38(43)46)25-49-39(28-11-8-7-9-12-28,29-13-17-31(47-5)18-14-29)30-15-19-32(48-6)20-16-30/h7-9,11-21,23,26-27,33,35-37H,10,24-25H2,1-6H3,(H,42,45,46)/t33-,35-,36-,37-,53?/m1/s1. The molecule has 1 saturated heterocycles. The van der Waals surface area contributed by atoms with Gasteiger partial charge in [0.05, 0.1) is 39.9 Å². The quantitative estimate of drug-likeness (QED) is 0.0728. The highest BCUT2D eigenvalue weighted by Gasteiger charge is 2.51. The Kier molecular flexibility index (Phi) is 13.6. The van der Waals surface area contributed by atoms with E-state index >= 15 is 4.39 Å². The zero-order chi connectivity index (χ0) is 38.1. The number of nitrogens with zero attached hydrogens (tertiary/aromatic N) is 3. The molecule has 1 fully saturated rings. The molecular formula is C39H46FN4O8P. The lowest BCUT2D eigenvalue weighted by Gasteiger charge is -2.39. The van der Waals surface area contributed by atoms with Crippen molar-refractivity contribution in [1.29, 1.82) is 5.26 Å². The number of ether oxygens (including phenoxy) is 4. The summed E-state index contributed by atoms with van der Waals surface area (Å²) in [6.45, 7) is 7.77. The van der Waals surface area contributed by atoms with Crippen molar-refractivity contribution >= 4 is 8.53 Å². The van der Waals surface area contributed by atoms with Crippen molar-refractivity contribution in [2.24, 2.45) is 0 Å². The predicted octanol–water partition coefficient (Wildman–Crippen LogP) is 6.46. The summed E-state index contributed by atoms with van der Waals surface area (Å²) in [6.07, 6.45) is -4.44. The number of alkyl halides is 1. The molecule has 1 aliphatic rings. The largest absolute Gasteiger partial charge is 0.497 e. The van der Waals surface area contributed by atoms with Crippen molar-refractivity contribution in [3.05, 3.63) is 129 Å². The molecule has 4 aromatic rings. The third-order valence-corrected chi connectivity index (χ3v) is 11.0.